The SMILES string of the molecule is Cc1cc(C(C)NC(=O)c2cc(C(=O)O)on2)c(C)s1. The molecule has 6 nitrogen and oxygen atoms in total. The molecule has 0 saturated heterocycles. The number of aromatic carboxylic acids is 1. The molecule has 0 bridgehead atoms. The van der Waals surface area contributed by atoms with Gasteiger partial charge in [-0.15, -0.1) is 11.3 Å². The summed E-state index contributed by atoms with van der Waals surface area (Å²) in [6, 6.07) is 2.95. The number of amides is 1. The number of hydrogen-bond acceptors (Lipinski definition) is 5. The molecule has 20 heavy (non-hydrogen) atoms. The summed E-state index contributed by atoms with van der Waals surface area (Å²) in [6.45, 7) is 5.87. The monoisotopic (exact) mass is 294 g/mol. The van der Waals surface area contributed by atoms with Crippen molar-refractivity contribution in [2.24, 2.45) is 0 Å². The summed E-state index contributed by atoms with van der Waals surface area (Å²) in [4.78, 5) is 24.9. The maximum atomic E-state index is 12.0. The molecule has 0 saturated carbocycles. The minimum atomic E-state index is -1.26. The molecule has 106 valence electrons. The van der Waals surface area contributed by atoms with Crippen LogP contribution in [-0.2, 0) is 0 Å². The molecule has 0 fully saturated rings. The maximum Gasteiger partial charge on any atom is 0.374 e. The molecule has 2 rings (SSSR count). The Morgan fingerprint density at radius 2 is 2.10 bits per heavy atom. The van der Waals surface area contributed by atoms with E-state index in [2.05, 4.69) is 15.0 Å². The Labute approximate surface area is 119 Å². The van der Waals surface area contributed by atoms with E-state index < -0.39 is 11.9 Å². The molecular formula is C13H14N2O4S. The van der Waals surface area contributed by atoms with Gasteiger partial charge < -0.3 is 14.9 Å². The van der Waals surface area contributed by atoms with Gasteiger partial charge >= 0.3 is 5.97 Å². The molecule has 0 aromatic carbocycles. The van der Waals surface area contributed by atoms with E-state index in [-0.39, 0.29) is 17.5 Å². The summed E-state index contributed by atoms with van der Waals surface area (Å²) >= 11 is 1.67. The Kier molecular flexibility index (Phi) is 3.89. The average molecular weight is 294 g/mol. The van der Waals surface area contributed by atoms with Gasteiger partial charge in [0.15, 0.2) is 5.69 Å². The van der Waals surface area contributed by atoms with Crippen LogP contribution in [0.5, 0.6) is 0 Å². The number of carbonyl (C=O) groups excluding carboxylic acids is 1. The van der Waals surface area contributed by atoms with Gasteiger partial charge in [-0.1, -0.05) is 5.16 Å². The van der Waals surface area contributed by atoms with Crippen molar-refractivity contribution in [3.05, 3.63) is 38.9 Å². The largest absolute Gasteiger partial charge is 0.475 e. The molecule has 2 aromatic rings. The molecule has 0 aliphatic carbocycles. The molecule has 2 N–H and O–H groups in total. The summed E-state index contributed by atoms with van der Waals surface area (Å²) in [5, 5.41) is 14.9. The van der Waals surface area contributed by atoms with Gasteiger partial charge in [-0.3, -0.25) is 4.79 Å². The lowest BCUT2D eigenvalue weighted by Crippen LogP contribution is -2.27. The van der Waals surface area contributed by atoms with Crippen molar-refractivity contribution < 1.29 is 19.2 Å². The lowest BCUT2D eigenvalue weighted by molar-refractivity contribution is 0.0651. The number of hydrogen-bond donors (Lipinski definition) is 2. The third-order valence-corrected chi connectivity index (χ3v) is 3.83. The smallest absolute Gasteiger partial charge is 0.374 e. The fraction of sp³-hybridized carbons (Fsp3) is 0.308. The number of aryl methyl sites for hydroxylation is 2. The maximum absolute atomic E-state index is 12.0. The van der Waals surface area contributed by atoms with Gasteiger partial charge in [0.05, 0.1) is 6.04 Å². The van der Waals surface area contributed by atoms with E-state index in [0.29, 0.717) is 0 Å². The van der Waals surface area contributed by atoms with Crippen LogP contribution in [0, 0.1) is 13.8 Å². The average Bonchev–Trinajstić information content (AvgIpc) is 2.95. The second kappa shape index (κ2) is 5.46. The van der Waals surface area contributed by atoms with Crippen molar-refractivity contribution in [1.29, 1.82) is 0 Å². The molecule has 2 heterocycles. The van der Waals surface area contributed by atoms with Gasteiger partial charge in [0, 0.05) is 15.8 Å². The zero-order valence-corrected chi connectivity index (χ0v) is 12.1. The Bertz CT molecular complexity index is 659. The minimum absolute atomic E-state index is 0.0427. The number of thiophene rings is 1. The lowest BCUT2D eigenvalue weighted by atomic mass is 10.1. The molecule has 1 atom stereocenters. The quantitative estimate of drug-likeness (QED) is 0.904. The molecular weight excluding hydrogens is 280 g/mol. The summed E-state index contributed by atoms with van der Waals surface area (Å²) < 4.78 is 4.55. The van der Waals surface area contributed by atoms with Crippen molar-refractivity contribution in [3.63, 3.8) is 0 Å². The third kappa shape index (κ3) is 2.88. The number of rotatable bonds is 4. The second-order valence-electron chi connectivity index (χ2n) is 4.45. The van der Waals surface area contributed by atoms with E-state index in [1.165, 1.54) is 4.88 Å². The highest BCUT2D eigenvalue weighted by Gasteiger charge is 2.19. The highest BCUT2D eigenvalue weighted by atomic mass is 32.1. The Balaban J connectivity index is 2.10. The molecule has 0 aliphatic rings. The van der Waals surface area contributed by atoms with E-state index in [0.717, 1.165) is 16.5 Å². The van der Waals surface area contributed by atoms with Crippen molar-refractivity contribution >= 4 is 23.2 Å². The van der Waals surface area contributed by atoms with Crippen LogP contribution in [0.25, 0.3) is 0 Å². The first-order valence-corrected chi connectivity index (χ1v) is 6.78. The number of aromatic nitrogens is 1. The van der Waals surface area contributed by atoms with E-state index in [9.17, 15) is 9.59 Å². The molecule has 0 aliphatic heterocycles. The standard InChI is InChI=1S/C13H14N2O4S/c1-6-4-9(8(3)20-6)7(2)14-12(16)10-5-11(13(17)18)19-15-10/h4-5,7H,1-3H3,(H,14,16)(H,17,18). The van der Waals surface area contributed by atoms with Crippen LogP contribution in [0.15, 0.2) is 16.7 Å². The number of carboxylic acids is 1. The number of carboxylic acid groups (broad SMARTS) is 1. The molecule has 1 amide bonds. The van der Waals surface area contributed by atoms with Crippen LogP contribution >= 0.6 is 11.3 Å². The van der Waals surface area contributed by atoms with Crippen molar-refractivity contribution in [2.45, 2.75) is 26.8 Å². The summed E-state index contributed by atoms with van der Waals surface area (Å²) in [7, 11) is 0. The van der Waals surface area contributed by atoms with Crippen LogP contribution in [-0.4, -0.2) is 22.1 Å². The summed E-state index contributed by atoms with van der Waals surface area (Å²) in [5.74, 6) is -2.07. The number of nitrogens with one attached hydrogen (secondary N) is 1. The molecule has 0 spiro atoms. The van der Waals surface area contributed by atoms with Crippen LogP contribution < -0.4 is 5.32 Å². The van der Waals surface area contributed by atoms with E-state index in [4.69, 9.17) is 5.11 Å². The first-order valence-electron chi connectivity index (χ1n) is 5.96. The Morgan fingerprint density at radius 1 is 1.40 bits per heavy atom. The first kappa shape index (κ1) is 14.3. The predicted octanol–water partition coefficient (Wildman–Crippen LogP) is 2.54. The van der Waals surface area contributed by atoms with Gasteiger partial charge in [0.25, 0.3) is 5.91 Å². The Hall–Kier alpha value is -2.15. The van der Waals surface area contributed by atoms with E-state index in [1.54, 1.807) is 11.3 Å². The summed E-state index contributed by atoms with van der Waals surface area (Å²) in [5.41, 5.74) is 1.00. The zero-order chi connectivity index (χ0) is 14.9. The van der Waals surface area contributed by atoms with Crippen molar-refractivity contribution in [3.8, 4) is 0 Å². The van der Waals surface area contributed by atoms with Crippen molar-refractivity contribution in [1.82, 2.24) is 10.5 Å². The van der Waals surface area contributed by atoms with Crippen LogP contribution in [0.2, 0.25) is 0 Å². The normalized spacial score (nSPS) is 12.2. The zero-order valence-electron chi connectivity index (χ0n) is 11.3. The van der Waals surface area contributed by atoms with Crippen LogP contribution in [0.3, 0.4) is 0 Å². The highest BCUT2D eigenvalue weighted by molar-refractivity contribution is 7.12. The predicted molar refractivity (Wildman–Crippen MR) is 73.1 cm³/mol. The van der Waals surface area contributed by atoms with Crippen molar-refractivity contribution in [2.75, 3.05) is 0 Å². The fourth-order valence-corrected chi connectivity index (χ4v) is 2.93. The van der Waals surface area contributed by atoms with Gasteiger partial charge in [0.1, 0.15) is 0 Å². The van der Waals surface area contributed by atoms with E-state index in [1.807, 2.05) is 26.8 Å². The highest BCUT2D eigenvalue weighted by Crippen LogP contribution is 2.26. The molecule has 7 heteroatoms. The number of nitrogens with zero attached hydrogens (tertiary/aromatic N) is 1. The van der Waals surface area contributed by atoms with E-state index >= 15 is 0 Å². The minimum Gasteiger partial charge on any atom is -0.475 e. The van der Waals surface area contributed by atoms with Gasteiger partial charge in [-0.25, -0.2) is 4.79 Å². The third-order valence-electron chi connectivity index (χ3n) is 2.85. The first-order chi connectivity index (χ1) is 9.38. The molecule has 0 radical (unpaired) electrons. The van der Waals surface area contributed by atoms with Gasteiger partial charge in [-0.05, 0) is 32.4 Å². The molecule has 1 unspecified atom stereocenters. The summed E-state index contributed by atoms with van der Waals surface area (Å²) in [6.07, 6.45) is 0. The van der Waals surface area contributed by atoms with Crippen LogP contribution in [0.1, 0.15) is 49.3 Å². The van der Waals surface area contributed by atoms with Gasteiger partial charge in [-0.2, -0.15) is 0 Å². The van der Waals surface area contributed by atoms with Crippen LogP contribution in [0.4, 0.5) is 0 Å². The number of carbonyl (C=O) groups is 2. The topological polar surface area (TPSA) is 92.4 Å². The second-order valence-corrected chi connectivity index (χ2v) is 5.91. The molecule has 2 aromatic heterocycles. The Morgan fingerprint density at radius 3 is 2.60 bits per heavy atom. The lowest BCUT2D eigenvalue weighted by Gasteiger charge is -2.12. The fourth-order valence-electron chi connectivity index (χ4n) is 1.91. The van der Waals surface area contributed by atoms with Gasteiger partial charge in [0.2, 0.25) is 5.76 Å².